The van der Waals surface area contributed by atoms with Crippen LogP contribution in [0.3, 0.4) is 0 Å². The Morgan fingerprint density at radius 3 is 1.08 bits per heavy atom. The van der Waals surface area contributed by atoms with Crippen molar-refractivity contribution in [3.63, 3.8) is 0 Å². The van der Waals surface area contributed by atoms with Gasteiger partial charge in [0.1, 0.15) is 80.9 Å². The minimum absolute atomic E-state index is 0.0103. The lowest BCUT2D eigenvalue weighted by Crippen LogP contribution is -2.49. The van der Waals surface area contributed by atoms with Crippen molar-refractivity contribution >= 4 is 30.2 Å². The van der Waals surface area contributed by atoms with Gasteiger partial charge in [-0.15, -0.1) is 0 Å². The lowest BCUT2D eigenvalue weighted by molar-refractivity contribution is -0.167. The van der Waals surface area contributed by atoms with Crippen LogP contribution in [0, 0.1) is 5.92 Å². The first kappa shape index (κ1) is 50.7. The third-order valence-corrected chi connectivity index (χ3v) is 6.02. The number of hydrogen-bond donors (Lipinski definition) is 13. The zero-order valence-electron chi connectivity index (χ0n) is 27.1. The van der Waals surface area contributed by atoms with Gasteiger partial charge < -0.3 is 85.4 Å². The van der Waals surface area contributed by atoms with E-state index in [0.29, 0.717) is 0 Å². The van der Waals surface area contributed by atoms with Gasteiger partial charge in [-0.3, -0.25) is 0 Å². The Labute approximate surface area is 285 Å². The lowest BCUT2D eigenvalue weighted by atomic mass is 9.95. The summed E-state index contributed by atoms with van der Waals surface area (Å²) < 4.78 is 13.3. The summed E-state index contributed by atoms with van der Waals surface area (Å²) in [7, 11) is 0. The summed E-state index contributed by atoms with van der Waals surface area (Å²) in [4.78, 5) is 52.3. The second kappa shape index (κ2) is 27.1. The maximum absolute atomic E-state index is 10.7. The number of carboxylic acid groups (broad SMARTS) is 1. The number of aliphatic hydroxyl groups is 12. The molecule has 0 aromatic rings. The molecule has 12 atom stereocenters. The Bertz CT molecular complexity index is 1050. The minimum Gasteiger partial charge on any atom is -0.479 e. The Morgan fingerprint density at radius 2 is 0.820 bits per heavy atom. The molecule has 0 radical (unpaired) electrons. The van der Waals surface area contributed by atoms with Crippen LogP contribution in [-0.4, -0.2) is 190 Å². The SMILES string of the molecule is C=CC(=O)OC[C@@H](O)[C@@H](O)[C@H](O)[C@@H](O)C(=O)O.C=CC(=O)OC[C@@H](O)[C@@H](O)[C@H](O)[C@@H](O)C(C)C.C=CC(=O)OC[C@@H](O)[C@@H](O)[C@H](O)[C@@H](O)C=O. The fraction of sp³-hybridized carbons (Fsp3) is 0.621. The average molecular weight is 733 g/mol. The van der Waals surface area contributed by atoms with E-state index in [2.05, 4.69) is 33.9 Å². The Hall–Kier alpha value is -3.71. The normalized spacial score (nSPS) is 18.0. The van der Waals surface area contributed by atoms with Crippen LogP contribution >= 0.6 is 0 Å². The third-order valence-electron chi connectivity index (χ3n) is 6.02. The summed E-state index contributed by atoms with van der Waals surface area (Å²) >= 11 is 0. The van der Waals surface area contributed by atoms with Crippen LogP contribution < -0.4 is 0 Å². The zero-order chi connectivity index (χ0) is 39.9. The highest BCUT2D eigenvalue weighted by atomic mass is 16.6. The first-order valence-electron chi connectivity index (χ1n) is 14.3. The van der Waals surface area contributed by atoms with E-state index in [0.717, 1.165) is 18.2 Å². The van der Waals surface area contributed by atoms with Gasteiger partial charge in [0, 0.05) is 18.2 Å². The molecule has 0 saturated heterocycles. The summed E-state index contributed by atoms with van der Waals surface area (Å²) in [5.41, 5.74) is 0. The fourth-order valence-electron chi connectivity index (χ4n) is 2.87. The highest BCUT2D eigenvalue weighted by molar-refractivity contribution is 5.81. The van der Waals surface area contributed by atoms with E-state index in [1.165, 1.54) is 0 Å². The van der Waals surface area contributed by atoms with E-state index in [1.807, 2.05) is 0 Å². The second-order valence-electron chi connectivity index (χ2n) is 10.3. The summed E-state index contributed by atoms with van der Waals surface area (Å²) in [6, 6.07) is 0. The molecular formula is C29H48O21. The van der Waals surface area contributed by atoms with Crippen molar-refractivity contribution in [2.45, 2.75) is 87.1 Å². The molecule has 0 spiro atoms. The average Bonchev–Trinajstić information content (AvgIpc) is 3.11. The first-order valence-corrected chi connectivity index (χ1v) is 14.3. The van der Waals surface area contributed by atoms with Gasteiger partial charge in [-0.05, 0) is 5.92 Å². The Kier molecular flexibility index (Phi) is 27.4. The predicted octanol–water partition coefficient (Wildman–Crippen LogP) is -6.58. The summed E-state index contributed by atoms with van der Waals surface area (Å²) in [6.45, 7) is 10.9. The molecule has 0 saturated carbocycles. The summed E-state index contributed by atoms with van der Waals surface area (Å²) in [5, 5.41) is 119. The highest BCUT2D eigenvalue weighted by Gasteiger charge is 2.35. The van der Waals surface area contributed by atoms with E-state index in [1.54, 1.807) is 13.8 Å². The number of aldehydes is 1. The van der Waals surface area contributed by atoms with Crippen molar-refractivity contribution in [2.75, 3.05) is 19.8 Å². The molecule has 0 rings (SSSR count). The molecule has 0 unspecified atom stereocenters. The standard InChI is InChI=1S/C11H20O6.C9H14O8.C9H14O7/c1-4-8(13)17-5-7(12)10(15)11(16)9(14)6(2)3;1-2-5(11)17-3-4(10)6(12)7(13)8(14)9(15)16;1-2-7(13)16-4-6(12)9(15)8(14)5(11)3-10/h4,6-7,9-12,14-16H,1,5H2,2-3H3;2,4,6-8,10,12-14H,1,3H2,(H,15,16);2-3,5-6,8-9,11-12,14-15H,1,4H2/t7-,9+,10-,11-;4-,6-,7+,8-;5-,6+,8+,9+/m110/s1. The zero-order valence-corrected chi connectivity index (χ0v) is 27.1. The maximum Gasteiger partial charge on any atom is 0.335 e. The van der Waals surface area contributed by atoms with Crippen LogP contribution in [0.1, 0.15) is 13.8 Å². The Morgan fingerprint density at radius 1 is 0.520 bits per heavy atom. The predicted molar refractivity (Wildman–Crippen MR) is 164 cm³/mol. The van der Waals surface area contributed by atoms with Crippen LogP contribution in [0.15, 0.2) is 38.0 Å². The number of carboxylic acids is 1. The molecule has 13 N–H and O–H groups in total. The van der Waals surface area contributed by atoms with Crippen molar-refractivity contribution in [3.8, 4) is 0 Å². The van der Waals surface area contributed by atoms with Gasteiger partial charge in [0.25, 0.3) is 0 Å². The van der Waals surface area contributed by atoms with Crippen molar-refractivity contribution in [1.29, 1.82) is 0 Å². The largest absolute Gasteiger partial charge is 0.479 e. The fourth-order valence-corrected chi connectivity index (χ4v) is 2.87. The topological polar surface area (TPSA) is 376 Å². The molecule has 50 heavy (non-hydrogen) atoms. The molecule has 0 aliphatic heterocycles. The number of carbonyl (C=O) groups excluding carboxylic acids is 4. The molecule has 0 heterocycles. The van der Waals surface area contributed by atoms with E-state index >= 15 is 0 Å². The van der Waals surface area contributed by atoms with Crippen molar-refractivity contribution in [3.05, 3.63) is 38.0 Å². The highest BCUT2D eigenvalue weighted by Crippen LogP contribution is 2.12. The maximum atomic E-state index is 10.7. The molecule has 0 aromatic carbocycles. The number of aliphatic carboxylic acids is 1. The monoisotopic (exact) mass is 732 g/mol. The number of esters is 3. The molecule has 0 bridgehead atoms. The number of rotatable bonds is 21. The first-order chi connectivity index (χ1) is 23.0. The van der Waals surface area contributed by atoms with Crippen LogP contribution in [0.2, 0.25) is 0 Å². The molecule has 21 heteroatoms. The summed E-state index contributed by atoms with van der Waals surface area (Å²) in [5.74, 6) is -4.44. The van der Waals surface area contributed by atoms with Gasteiger partial charge in [-0.25, -0.2) is 19.2 Å². The van der Waals surface area contributed by atoms with Crippen LogP contribution in [-0.2, 0) is 38.2 Å². The van der Waals surface area contributed by atoms with Crippen molar-refractivity contribution in [1.82, 2.24) is 0 Å². The van der Waals surface area contributed by atoms with Crippen LogP contribution in [0.5, 0.6) is 0 Å². The van der Waals surface area contributed by atoms with Crippen LogP contribution in [0.4, 0.5) is 0 Å². The van der Waals surface area contributed by atoms with Gasteiger partial charge in [-0.2, -0.15) is 0 Å². The van der Waals surface area contributed by atoms with Gasteiger partial charge >= 0.3 is 23.9 Å². The van der Waals surface area contributed by atoms with Crippen LogP contribution in [0.25, 0.3) is 0 Å². The van der Waals surface area contributed by atoms with Gasteiger partial charge in [0.2, 0.25) is 0 Å². The van der Waals surface area contributed by atoms with Gasteiger partial charge in [0.15, 0.2) is 12.4 Å². The molecule has 0 aliphatic carbocycles. The molecule has 0 aromatic heterocycles. The van der Waals surface area contributed by atoms with E-state index in [4.69, 9.17) is 25.5 Å². The summed E-state index contributed by atoms with van der Waals surface area (Å²) in [6.07, 6.45) is -18.3. The number of hydrogen-bond acceptors (Lipinski definition) is 20. The van der Waals surface area contributed by atoms with Gasteiger partial charge in [-0.1, -0.05) is 33.6 Å². The molecular weight excluding hydrogens is 684 g/mol. The number of ether oxygens (including phenoxy) is 3. The lowest BCUT2D eigenvalue weighted by Gasteiger charge is -2.28. The molecule has 290 valence electrons. The second-order valence-corrected chi connectivity index (χ2v) is 10.3. The third kappa shape index (κ3) is 20.7. The van der Waals surface area contributed by atoms with Crippen molar-refractivity contribution in [2.24, 2.45) is 5.92 Å². The Balaban J connectivity index is -0.000000663. The van der Waals surface area contributed by atoms with E-state index in [9.17, 15) is 64.8 Å². The number of aliphatic hydroxyl groups excluding tert-OH is 12. The molecule has 0 fully saturated rings. The smallest absolute Gasteiger partial charge is 0.335 e. The number of carbonyl (C=O) groups is 5. The molecule has 21 nitrogen and oxygen atoms in total. The minimum atomic E-state index is -2.25. The van der Waals surface area contributed by atoms with Gasteiger partial charge in [0.05, 0.1) is 6.10 Å². The quantitative estimate of drug-likeness (QED) is 0.0226. The van der Waals surface area contributed by atoms with E-state index < -0.39 is 117 Å². The van der Waals surface area contributed by atoms with E-state index in [-0.39, 0.29) is 12.2 Å². The molecule has 0 amide bonds. The van der Waals surface area contributed by atoms with Crippen molar-refractivity contribution < 1.29 is 105 Å². The molecule has 0 aliphatic rings.